The first-order valence-electron chi connectivity index (χ1n) is 10.5. The number of carbonyl (C=O) groups excluding carboxylic acids is 1. The summed E-state index contributed by atoms with van der Waals surface area (Å²) in [5.74, 6) is 1.65. The van der Waals surface area contributed by atoms with Gasteiger partial charge in [0.15, 0.2) is 11.6 Å². The second-order valence-electron chi connectivity index (χ2n) is 7.78. The molecular formula is C21H25F3N6O. The Morgan fingerprint density at radius 2 is 1.45 bits per heavy atom. The molecule has 7 nitrogen and oxygen atoms in total. The standard InChI is InChI=1S/C21H25F3N6O/c22-21(23,24)16-5-4-6-17(15-16)25-20(31)30-13-11-29(12-14-30)19-8-7-18(26-27-19)28-9-2-1-3-10-28/h4-8,15H,1-3,9-14H2,(H,25,31). The molecular weight excluding hydrogens is 409 g/mol. The fraction of sp³-hybridized carbons (Fsp3) is 0.476. The van der Waals surface area contributed by atoms with Gasteiger partial charge in [0.1, 0.15) is 0 Å². The Balaban J connectivity index is 1.30. The number of amides is 2. The van der Waals surface area contributed by atoms with Gasteiger partial charge in [-0.15, -0.1) is 10.2 Å². The Morgan fingerprint density at radius 1 is 0.839 bits per heavy atom. The molecule has 0 unspecified atom stereocenters. The Hall–Kier alpha value is -3.04. The first-order valence-corrected chi connectivity index (χ1v) is 10.5. The van der Waals surface area contributed by atoms with Crippen molar-refractivity contribution in [3.8, 4) is 0 Å². The number of piperidine rings is 1. The topological polar surface area (TPSA) is 64.6 Å². The Labute approximate surface area is 178 Å². The van der Waals surface area contributed by atoms with E-state index >= 15 is 0 Å². The summed E-state index contributed by atoms with van der Waals surface area (Å²) in [5.41, 5.74) is -0.664. The van der Waals surface area contributed by atoms with E-state index in [9.17, 15) is 18.0 Å². The van der Waals surface area contributed by atoms with E-state index in [2.05, 4.69) is 25.3 Å². The van der Waals surface area contributed by atoms with E-state index in [4.69, 9.17) is 0 Å². The molecule has 0 radical (unpaired) electrons. The molecule has 166 valence electrons. The van der Waals surface area contributed by atoms with Crippen LogP contribution in [0.3, 0.4) is 0 Å². The van der Waals surface area contributed by atoms with Crippen LogP contribution in [0.15, 0.2) is 36.4 Å². The molecule has 0 atom stereocenters. The Bertz CT molecular complexity index is 891. The minimum atomic E-state index is -4.45. The molecule has 1 N–H and O–H groups in total. The van der Waals surface area contributed by atoms with E-state index in [0.29, 0.717) is 26.2 Å². The van der Waals surface area contributed by atoms with Crippen molar-refractivity contribution in [2.24, 2.45) is 0 Å². The van der Waals surface area contributed by atoms with Gasteiger partial charge in [-0.2, -0.15) is 13.2 Å². The third-order valence-electron chi connectivity index (χ3n) is 5.65. The van der Waals surface area contributed by atoms with Gasteiger partial charge in [0, 0.05) is 45.0 Å². The summed E-state index contributed by atoms with van der Waals surface area (Å²) in [7, 11) is 0. The Morgan fingerprint density at radius 3 is 2.03 bits per heavy atom. The van der Waals surface area contributed by atoms with Crippen LogP contribution >= 0.6 is 0 Å². The molecule has 2 aliphatic heterocycles. The molecule has 0 spiro atoms. The van der Waals surface area contributed by atoms with Crippen LogP contribution in [0, 0.1) is 0 Å². The van der Waals surface area contributed by atoms with Gasteiger partial charge in [0.2, 0.25) is 0 Å². The number of nitrogens with zero attached hydrogens (tertiary/aromatic N) is 5. The highest BCUT2D eigenvalue weighted by atomic mass is 19.4. The third kappa shape index (κ3) is 5.18. The molecule has 4 rings (SSSR count). The Kier molecular flexibility index (Phi) is 6.15. The van der Waals surface area contributed by atoms with Gasteiger partial charge < -0.3 is 20.0 Å². The van der Waals surface area contributed by atoms with E-state index in [-0.39, 0.29) is 5.69 Å². The van der Waals surface area contributed by atoms with E-state index < -0.39 is 17.8 Å². The zero-order valence-corrected chi connectivity index (χ0v) is 17.1. The van der Waals surface area contributed by atoms with Crippen LogP contribution in [0.2, 0.25) is 0 Å². The van der Waals surface area contributed by atoms with Crippen molar-refractivity contribution in [2.75, 3.05) is 54.4 Å². The first-order chi connectivity index (χ1) is 14.9. The highest BCUT2D eigenvalue weighted by Gasteiger charge is 2.31. The molecule has 2 aliphatic rings. The summed E-state index contributed by atoms with van der Waals surface area (Å²) < 4.78 is 38.6. The van der Waals surface area contributed by atoms with Crippen LogP contribution in [0.1, 0.15) is 24.8 Å². The summed E-state index contributed by atoms with van der Waals surface area (Å²) in [4.78, 5) is 18.4. The highest BCUT2D eigenvalue weighted by Crippen LogP contribution is 2.30. The lowest BCUT2D eigenvalue weighted by molar-refractivity contribution is -0.137. The number of nitrogens with one attached hydrogen (secondary N) is 1. The number of alkyl halides is 3. The van der Waals surface area contributed by atoms with Crippen LogP contribution in [-0.4, -0.2) is 60.4 Å². The molecule has 0 aliphatic carbocycles. The van der Waals surface area contributed by atoms with Crippen molar-refractivity contribution in [2.45, 2.75) is 25.4 Å². The molecule has 31 heavy (non-hydrogen) atoms. The van der Waals surface area contributed by atoms with E-state index in [1.807, 2.05) is 12.1 Å². The lowest BCUT2D eigenvalue weighted by Gasteiger charge is -2.35. The summed E-state index contributed by atoms with van der Waals surface area (Å²) in [6, 6.07) is 8.17. The van der Waals surface area contributed by atoms with E-state index in [0.717, 1.165) is 36.9 Å². The zero-order valence-electron chi connectivity index (χ0n) is 17.1. The minimum absolute atomic E-state index is 0.126. The fourth-order valence-electron chi connectivity index (χ4n) is 3.89. The van der Waals surface area contributed by atoms with Gasteiger partial charge >= 0.3 is 12.2 Å². The van der Waals surface area contributed by atoms with Gasteiger partial charge in [-0.1, -0.05) is 6.07 Å². The summed E-state index contributed by atoms with van der Waals surface area (Å²) >= 11 is 0. The molecule has 1 aromatic heterocycles. The second-order valence-corrected chi connectivity index (χ2v) is 7.78. The van der Waals surface area contributed by atoms with Crippen molar-refractivity contribution in [3.05, 3.63) is 42.0 Å². The molecule has 2 fully saturated rings. The zero-order chi connectivity index (χ0) is 21.8. The maximum Gasteiger partial charge on any atom is 0.416 e. The lowest BCUT2D eigenvalue weighted by atomic mass is 10.1. The molecule has 2 aromatic rings. The predicted molar refractivity (Wildman–Crippen MR) is 112 cm³/mol. The highest BCUT2D eigenvalue weighted by molar-refractivity contribution is 5.89. The summed E-state index contributed by atoms with van der Waals surface area (Å²) in [6.45, 7) is 4.06. The number of benzene rings is 1. The normalized spacial score (nSPS) is 17.6. The number of rotatable bonds is 3. The number of piperazine rings is 1. The fourth-order valence-corrected chi connectivity index (χ4v) is 3.89. The number of aromatic nitrogens is 2. The number of carbonyl (C=O) groups is 1. The third-order valence-corrected chi connectivity index (χ3v) is 5.65. The predicted octanol–water partition coefficient (Wildman–Crippen LogP) is 3.84. The van der Waals surface area contributed by atoms with Gasteiger partial charge in [0.25, 0.3) is 0 Å². The maximum atomic E-state index is 12.9. The molecule has 10 heteroatoms. The number of anilines is 3. The molecule has 2 amide bonds. The van der Waals surface area contributed by atoms with Gasteiger partial charge in [-0.05, 0) is 49.6 Å². The van der Waals surface area contributed by atoms with Gasteiger partial charge in [-0.25, -0.2) is 4.79 Å². The molecule has 2 saturated heterocycles. The number of hydrogen-bond donors (Lipinski definition) is 1. The number of hydrogen-bond acceptors (Lipinski definition) is 5. The lowest BCUT2D eigenvalue weighted by Crippen LogP contribution is -2.50. The van der Waals surface area contributed by atoms with E-state index in [1.54, 1.807) is 4.90 Å². The molecule has 3 heterocycles. The van der Waals surface area contributed by atoms with Gasteiger partial charge in [0.05, 0.1) is 5.56 Å². The van der Waals surface area contributed by atoms with Crippen molar-refractivity contribution in [3.63, 3.8) is 0 Å². The summed E-state index contributed by atoms with van der Waals surface area (Å²) in [5, 5.41) is 11.3. The first kappa shape index (κ1) is 21.2. The van der Waals surface area contributed by atoms with Crippen LogP contribution in [-0.2, 0) is 6.18 Å². The van der Waals surface area contributed by atoms with Gasteiger partial charge in [-0.3, -0.25) is 0 Å². The average molecular weight is 434 g/mol. The average Bonchev–Trinajstić information content (AvgIpc) is 2.79. The minimum Gasteiger partial charge on any atom is -0.355 e. The monoisotopic (exact) mass is 434 g/mol. The second kappa shape index (κ2) is 8.99. The van der Waals surface area contributed by atoms with Crippen molar-refractivity contribution < 1.29 is 18.0 Å². The quantitative estimate of drug-likeness (QED) is 0.795. The largest absolute Gasteiger partial charge is 0.416 e. The molecule has 0 saturated carbocycles. The van der Waals surface area contributed by atoms with Crippen molar-refractivity contribution in [1.29, 1.82) is 0 Å². The summed E-state index contributed by atoms with van der Waals surface area (Å²) in [6.07, 6.45) is -0.841. The van der Waals surface area contributed by atoms with Crippen LogP contribution < -0.4 is 15.1 Å². The van der Waals surface area contributed by atoms with Crippen LogP contribution in [0.4, 0.5) is 35.3 Å². The van der Waals surface area contributed by atoms with Crippen molar-refractivity contribution >= 4 is 23.4 Å². The number of halogens is 3. The van der Waals surface area contributed by atoms with Crippen LogP contribution in [0.25, 0.3) is 0 Å². The number of urea groups is 1. The van der Waals surface area contributed by atoms with Crippen LogP contribution in [0.5, 0.6) is 0 Å². The van der Waals surface area contributed by atoms with Crippen molar-refractivity contribution in [1.82, 2.24) is 15.1 Å². The SMILES string of the molecule is O=C(Nc1cccc(C(F)(F)F)c1)N1CCN(c2ccc(N3CCCCC3)nn2)CC1. The smallest absolute Gasteiger partial charge is 0.355 e. The molecule has 0 bridgehead atoms. The maximum absolute atomic E-state index is 12.9. The van der Waals surface area contributed by atoms with E-state index in [1.165, 1.54) is 31.4 Å². The molecule has 1 aromatic carbocycles.